The van der Waals surface area contributed by atoms with Gasteiger partial charge in [0.1, 0.15) is 5.75 Å². The molecule has 0 fully saturated rings. The molecule has 0 bridgehead atoms. The van der Waals surface area contributed by atoms with Crippen molar-refractivity contribution in [3.63, 3.8) is 0 Å². The maximum Gasteiger partial charge on any atom is 0.308 e. The Morgan fingerprint density at radius 2 is 2.06 bits per heavy atom. The van der Waals surface area contributed by atoms with Crippen molar-refractivity contribution >= 4 is 5.97 Å². The van der Waals surface area contributed by atoms with Crippen LogP contribution in [-0.4, -0.2) is 19.7 Å². The summed E-state index contributed by atoms with van der Waals surface area (Å²) in [5.41, 5.74) is 1.19. The van der Waals surface area contributed by atoms with E-state index in [1.807, 2.05) is 32.0 Å². The summed E-state index contributed by atoms with van der Waals surface area (Å²) in [6, 6.07) is 7.99. The lowest BCUT2D eigenvalue weighted by molar-refractivity contribution is -0.147. The molecule has 1 unspecified atom stereocenters. The molecule has 18 heavy (non-hydrogen) atoms. The Morgan fingerprint density at radius 1 is 1.33 bits per heavy atom. The van der Waals surface area contributed by atoms with E-state index in [0.29, 0.717) is 6.61 Å². The number of hydrogen-bond acceptors (Lipinski definition) is 3. The molecule has 0 saturated carbocycles. The summed E-state index contributed by atoms with van der Waals surface area (Å²) < 4.78 is 10.3. The zero-order valence-electron chi connectivity index (χ0n) is 11.4. The third-order valence-corrected chi connectivity index (χ3v) is 2.96. The molecular formula is C15H22O3. The third kappa shape index (κ3) is 4.40. The number of carbonyl (C=O) groups is 1. The van der Waals surface area contributed by atoms with Gasteiger partial charge in [0.2, 0.25) is 0 Å². The Bertz CT molecular complexity index is 374. The Kier molecular flexibility index (Phi) is 6.26. The molecule has 1 rings (SSSR count). The van der Waals surface area contributed by atoms with Crippen LogP contribution in [-0.2, 0) is 16.0 Å². The van der Waals surface area contributed by atoms with Gasteiger partial charge in [-0.25, -0.2) is 0 Å². The fourth-order valence-corrected chi connectivity index (χ4v) is 1.91. The minimum Gasteiger partial charge on any atom is -0.496 e. The first-order chi connectivity index (χ1) is 8.69. The van der Waals surface area contributed by atoms with E-state index in [4.69, 9.17) is 9.47 Å². The lowest BCUT2D eigenvalue weighted by Gasteiger charge is -2.11. The standard InChI is InChI=1S/C15H22O3/c1-4-18-15(16)12(2)8-7-10-13-9-5-6-11-14(13)17-3/h5-6,9,11-12H,4,7-8,10H2,1-3H3. The molecule has 1 aromatic rings. The molecule has 0 spiro atoms. The van der Waals surface area contributed by atoms with Gasteiger partial charge in [-0.1, -0.05) is 25.1 Å². The summed E-state index contributed by atoms with van der Waals surface area (Å²) in [4.78, 5) is 11.5. The van der Waals surface area contributed by atoms with Crippen LogP contribution in [0.3, 0.4) is 0 Å². The van der Waals surface area contributed by atoms with E-state index in [-0.39, 0.29) is 11.9 Å². The van der Waals surface area contributed by atoms with E-state index in [1.54, 1.807) is 7.11 Å². The highest BCUT2D eigenvalue weighted by Gasteiger charge is 2.13. The number of aryl methyl sites for hydroxylation is 1. The molecule has 0 amide bonds. The van der Waals surface area contributed by atoms with Crippen LogP contribution >= 0.6 is 0 Å². The van der Waals surface area contributed by atoms with Gasteiger partial charge < -0.3 is 9.47 Å². The van der Waals surface area contributed by atoms with Crippen LogP contribution in [0.2, 0.25) is 0 Å². The Morgan fingerprint density at radius 3 is 2.72 bits per heavy atom. The Labute approximate surface area is 109 Å². The van der Waals surface area contributed by atoms with Crippen LogP contribution in [0, 0.1) is 5.92 Å². The predicted octanol–water partition coefficient (Wildman–Crippen LogP) is 3.22. The number of methoxy groups -OCH3 is 1. The predicted molar refractivity (Wildman–Crippen MR) is 71.7 cm³/mol. The van der Waals surface area contributed by atoms with Crippen LogP contribution in [0.5, 0.6) is 5.75 Å². The molecule has 0 heterocycles. The minimum atomic E-state index is -0.0995. The molecule has 0 radical (unpaired) electrons. The molecule has 1 atom stereocenters. The van der Waals surface area contributed by atoms with Gasteiger partial charge >= 0.3 is 5.97 Å². The number of ether oxygens (including phenoxy) is 2. The maximum absolute atomic E-state index is 11.5. The fraction of sp³-hybridized carbons (Fsp3) is 0.533. The van der Waals surface area contributed by atoms with Crippen molar-refractivity contribution in [1.29, 1.82) is 0 Å². The van der Waals surface area contributed by atoms with Gasteiger partial charge in [0.05, 0.1) is 19.6 Å². The van der Waals surface area contributed by atoms with Gasteiger partial charge in [0.15, 0.2) is 0 Å². The van der Waals surface area contributed by atoms with Crippen molar-refractivity contribution in [3.05, 3.63) is 29.8 Å². The summed E-state index contributed by atoms with van der Waals surface area (Å²) in [5.74, 6) is 0.790. The molecule has 0 aliphatic heterocycles. The van der Waals surface area contributed by atoms with E-state index in [2.05, 4.69) is 6.07 Å². The highest BCUT2D eigenvalue weighted by molar-refractivity contribution is 5.71. The number of esters is 1. The van der Waals surface area contributed by atoms with Crippen molar-refractivity contribution < 1.29 is 14.3 Å². The number of carbonyl (C=O) groups excluding carboxylic acids is 1. The van der Waals surface area contributed by atoms with E-state index in [9.17, 15) is 4.79 Å². The highest BCUT2D eigenvalue weighted by Crippen LogP contribution is 2.20. The van der Waals surface area contributed by atoms with Crippen molar-refractivity contribution in [2.24, 2.45) is 5.92 Å². The van der Waals surface area contributed by atoms with Gasteiger partial charge in [0, 0.05) is 0 Å². The molecule has 0 saturated heterocycles. The van der Waals surface area contributed by atoms with Crippen LogP contribution in [0.15, 0.2) is 24.3 Å². The number of rotatable bonds is 7. The molecule has 0 aromatic heterocycles. The van der Waals surface area contributed by atoms with Gasteiger partial charge in [-0.05, 0) is 37.8 Å². The summed E-state index contributed by atoms with van der Waals surface area (Å²) in [7, 11) is 1.68. The largest absolute Gasteiger partial charge is 0.496 e. The monoisotopic (exact) mass is 250 g/mol. The van der Waals surface area contributed by atoms with E-state index < -0.39 is 0 Å². The van der Waals surface area contributed by atoms with Crippen LogP contribution in [0.1, 0.15) is 32.3 Å². The lowest BCUT2D eigenvalue weighted by atomic mass is 10.0. The smallest absolute Gasteiger partial charge is 0.308 e. The van der Waals surface area contributed by atoms with Crippen LogP contribution < -0.4 is 4.74 Å². The molecule has 0 N–H and O–H groups in total. The zero-order valence-corrected chi connectivity index (χ0v) is 11.4. The number of hydrogen-bond donors (Lipinski definition) is 0. The van der Waals surface area contributed by atoms with Crippen LogP contribution in [0.25, 0.3) is 0 Å². The second kappa shape index (κ2) is 7.75. The van der Waals surface area contributed by atoms with Gasteiger partial charge in [0.25, 0.3) is 0 Å². The molecule has 0 aliphatic rings. The van der Waals surface area contributed by atoms with E-state index in [0.717, 1.165) is 25.0 Å². The van der Waals surface area contributed by atoms with E-state index >= 15 is 0 Å². The SMILES string of the molecule is CCOC(=O)C(C)CCCc1ccccc1OC. The third-order valence-electron chi connectivity index (χ3n) is 2.96. The second-order valence-corrected chi connectivity index (χ2v) is 4.36. The van der Waals surface area contributed by atoms with Gasteiger partial charge in [-0.2, -0.15) is 0 Å². The van der Waals surface area contributed by atoms with Crippen molar-refractivity contribution in [2.45, 2.75) is 33.1 Å². The topological polar surface area (TPSA) is 35.5 Å². The minimum absolute atomic E-state index is 0.0281. The summed E-state index contributed by atoms with van der Waals surface area (Å²) in [6.45, 7) is 4.20. The summed E-state index contributed by atoms with van der Waals surface area (Å²) in [6.07, 6.45) is 2.73. The molecule has 3 heteroatoms. The lowest BCUT2D eigenvalue weighted by Crippen LogP contribution is -2.14. The van der Waals surface area contributed by atoms with Crippen molar-refractivity contribution in [1.82, 2.24) is 0 Å². The van der Waals surface area contributed by atoms with Crippen molar-refractivity contribution in [3.8, 4) is 5.75 Å². The number of benzene rings is 1. The fourth-order valence-electron chi connectivity index (χ4n) is 1.91. The average Bonchev–Trinajstić information content (AvgIpc) is 2.39. The first kappa shape index (κ1) is 14.6. The van der Waals surface area contributed by atoms with Crippen LogP contribution in [0.4, 0.5) is 0 Å². The molecule has 100 valence electrons. The quantitative estimate of drug-likeness (QED) is 0.697. The normalized spacial score (nSPS) is 11.9. The number of para-hydroxylation sites is 1. The molecule has 1 aromatic carbocycles. The van der Waals surface area contributed by atoms with Crippen molar-refractivity contribution in [2.75, 3.05) is 13.7 Å². The zero-order chi connectivity index (χ0) is 13.4. The molecular weight excluding hydrogens is 228 g/mol. The Balaban J connectivity index is 2.39. The average molecular weight is 250 g/mol. The van der Waals surface area contributed by atoms with Gasteiger partial charge in [-0.3, -0.25) is 4.79 Å². The molecule has 0 aliphatic carbocycles. The summed E-state index contributed by atoms with van der Waals surface area (Å²) in [5, 5.41) is 0. The first-order valence-corrected chi connectivity index (χ1v) is 6.47. The Hall–Kier alpha value is -1.51. The summed E-state index contributed by atoms with van der Waals surface area (Å²) >= 11 is 0. The molecule has 3 nitrogen and oxygen atoms in total. The second-order valence-electron chi connectivity index (χ2n) is 4.36. The van der Waals surface area contributed by atoms with Gasteiger partial charge in [-0.15, -0.1) is 0 Å². The maximum atomic E-state index is 11.5. The highest BCUT2D eigenvalue weighted by atomic mass is 16.5. The van der Waals surface area contributed by atoms with E-state index in [1.165, 1.54) is 5.56 Å². The first-order valence-electron chi connectivity index (χ1n) is 6.47.